The van der Waals surface area contributed by atoms with Crippen LogP contribution in [0, 0.1) is 0 Å². The normalized spacial score (nSPS) is 16.9. The summed E-state index contributed by atoms with van der Waals surface area (Å²) < 4.78 is 7.77. The Morgan fingerprint density at radius 1 is 1.39 bits per heavy atom. The van der Waals surface area contributed by atoms with Crippen LogP contribution in [0.15, 0.2) is 22.7 Å². The van der Waals surface area contributed by atoms with Crippen LogP contribution in [-0.4, -0.2) is 50.7 Å². The van der Waals surface area contributed by atoms with E-state index in [1.54, 1.807) is 11.3 Å². The molecule has 0 spiro atoms. The molecule has 0 aliphatic carbocycles. The number of imide groups is 1. The van der Waals surface area contributed by atoms with E-state index in [0.29, 0.717) is 11.7 Å². The van der Waals surface area contributed by atoms with Gasteiger partial charge in [-0.15, -0.1) is 21.5 Å². The zero-order valence-electron chi connectivity index (χ0n) is 16.2. The number of rotatable bonds is 6. The molecule has 3 rings (SSSR count). The van der Waals surface area contributed by atoms with Crippen LogP contribution in [0.4, 0.5) is 4.79 Å². The van der Waals surface area contributed by atoms with Gasteiger partial charge in [0, 0.05) is 12.1 Å². The Morgan fingerprint density at radius 2 is 2.21 bits per heavy atom. The molecule has 3 heterocycles. The molecule has 1 unspecified atom stereocenters. The smallest absolute Gasteiger partial charge is 0.321 e. The van der Waals surface area contributed by atoms with Gasteiger partial charge in [-0.25, -0.2) is 4.79 Å². The number of aromatic nitrogens is 3. The number of amides is 3. The number of carbonyl (C=O) groups is 2. The van der Waals surface area contributed by atoms with Crippen molar-refractivity contribution in [1.29, 1.82) is 0 Å². The lowest BCUT2D eigenvalue weighted by molar-refractivity contribution is -0.117. The minimum Gasteiger partial charge on any atom is -0.376 e. The van der Waals surface area contributed by atoms with Crippen molar-refractivity contribution in [3.8, 4) is 10.7 Å². The van der Waals surface area contributed by atoms with Crippen molar-refractivity contribution in [1.82, 2.24) is 25.4 Å². The first-order chi connectivity index (χ1) is 13.3. The maximum Gasteiger partial charge on any atom is 0.321 e. The molecule has 1 fully saturated rings. The number of hydrogen-bond acceptors (Lipinski definition) is 7. The van der Waals surface area contributed by atoms with E-state index in [9.17, 15) is 9.59 Å². The first-order valence-corrected chi connectivity index (χ1v) is 11.0. The Balaban J connectivity index is 1.66. The molecule has 10 heteroatoms. The van der Waals surface area contributed by atoms with Crippen molar-refractivity contribution in [2.75, 3.05) is 12.4 Å². The summed E-state index contributed by atoms with van der Waals surface area (Å²) in [6, 6.07) is 3.47. The van der Waals surface area contributed by atoms with Gasteiger partial charge in [0.2, 0.25) is 5.91 Å². The minimum atomic E-state index is -0.502. The molecule has 152 valence electrons. The first kappa shape index (κ1) is 20.8. The molecule has 0 bridgehead atoms. The highest BCUT2D eigenvalue weighted by Crippen LogP contribution is 2.28. The number of thiophene rings is 1. The second-order valence-electron chi connectivity index (χ2n) is 7.57. The third kappa shape index (κ3) is 5.79. The second-order valence-corrected chi connectivity index (χ2v) is 9.46. The molecule has 1 atom stereocenters. The maximum absolute atomic E-state index is 12.1. The summed E-state index contributed by atoms with van der Waals surface area (Å²) in [5, 5.41) is 16.3. The average Bonchev–Trinajstić information content (AvgIpc) is 3.33. The lowest BCUT2D eigenvalue weighted by Crippen LogP contribution is -2.48. The highest BCUT2D eigenvalue weighted by Gasteiger charge is 2.23. The zero-order chi connectivity index (χ0) is 20.1. The molecule has 3 amide bonds. The van der Waals surface area contributed by atoms with Gasteiger partial charge in [-0.3, -0.25) is 14.7 Å². The van der Waals surface area contributed by atoms with E-state index in [1.165, 1.54) is 11.8 Å². The van der Waals surface area contributed by atoms with E-state index in [1.807, 2.05) is 42.9 Å². The van der Waals surface area contributed by atoms with Crippen molar-refractivity contribution in [3.05, 3.63) is 17.5 Å². The van der Waals surface area contributed by atoms with Crippen LogP contribution >= 0.6 is 23.1 Å². The van der Waals surface area contributed by atoms with Crippen LogP contribution < -0.4 is 10.6 Å². The van der Waals surface area contributed by atoms with Gasteiger partial charge in [-0.05, 0) is 45.1 Å². The number of nitrogens with one attached hydrogen (secondary N) is 2. The minimum absolute atomic E-state index is 0.0751. The standard InChI is InChI=1S/C18H25N5O3S2/c1-18(2,3)20-16(25)19-14(24)11-28-17-22-21-15(13-7-5-9-27-13)23(17)10-12-6-4-8-26-12/h5,7,9,12H,4,6,8,10-11H2,1-3H3,(H2,19,20,24,25). The largest absolute Gasteiger partial charge is 0.376 e. The average molecular weight is 424 g/mol. The fraction of sp³-hybridized carbons (Fsp3) is 0.556. The van der Waals surface area contributed by atoms with E-state index < -0.39 is 11.6 Å². The van der Waals surface area contributed by atoms with Gasteiger partial charge in [0.25, 0.3) is 0 Å². The molecular formula is C18H25N5O3S2. The van der Waals surface area contributed by atoms with Gasteiger partial charge >= 0.3 is 6.03 Å². The van der Waals surface area contributed by atoms with E-state index in [2.05, 4.69) is 20.8 Å². The molecule has 2 aromatic rings. The molecular weight excluding hydrogens is 398 g/mol. The van der Waals surface area contributed by atoms with Crippen LogP contribution in [-0.2, 0) is 16.1 Å². The van der Waals surface area contributed by atoms with Crippen LogP contribution in [0.3, 0.4) is 0 Å². The Kier molecular flexibility index (Phi) is 6.73. The summed E-state index contributed by atoms with van der Waals surface area (Å²) in [7, 11) is 0. The molecule has 0 aromatic carbocycles. The third-order valence-corrected chi connectivity index (χ3v) is 5.78. The van der Waals surface area contributed by atoms with Gasteiger partial charge in [-0.2, -0.15) is 0 Å². The van der Waals surface area contributed by atoms with E-state index in [-0.39, 0.29) is 17.8 Å². The summed E-state index contributed by atoms with van der Waals surface area (Å²) in [5.41, 5.74) is -0.408. The summed E-state index contributed by atoms with van der Waals surface area (Å²) in [6.45, 7) is 6.98. The highest BCUT2D eigenvalue weighted by molar-refractivity contribution is 7.99. The summed E-state index contributed by atoms with van der Waals surface area (Å²) in [6.07, 6.45) is 2.18. The molecule has 28 heavy (non-hydrogen) atoms. The number of urea groups is 1. The number of thioether (sulfide) groups is 1. The number of carbonyl (C=O) groups excluding carboxylic acids is 2. The fourth-order valence-electron chi connectivity index (χ4n) is 2.80. The highest BCUT2D eigenvalue weighted by atomic mass is 32.2. The van der Waals surface area contributed by atoms with Crippen LogP contribution in [0.25, 0.3) is 10.7 Å². The molecule has 0 saturated carbocycles. The van der Waals surface area contributed by atoms with Crippen molar-refractivity contribution >= 4 is 35.0 Å². The Morgan fingerprint density at radius 3 is 2.86 bits per heavy atom. The van der Waals surface area contributed by atoms with E-state index in [0.717, 1.165) is 30.2 Å². The first-order valence-electron chi connectivity index (χ1n) is 9.15. The quantitative estimate of drug-likeness (QED) is 0.693. The van der Waals surface area contributed by atoms with Crippen molar-refractivity contribution in [2.24, 2.45) is 0 Å². The van der Waals surface area contributed by atoms with Crippen molar-refractivity contribution in [3.63, 3.8) is 0 Å². The summed E-state index contributed by atoms with van der Waals surface area (Å²) in [5.74, 6) is 0.473. The molecule has 8 nitrogen and oxygen atoms in total. The topological polar surface area (TPSA) is 98.1 Å². The van der Waals surface area contributed by atoms with Gasteiger partial charge in [0.15, 0.2) is 11.0 Å². The Hall–Kier alpha value is -1.91. The van der Waals surface area contributed by atoms with E-state index in [4.69, 9.17) is 4.74 Å². The predicted molar refractivity (Wildman–Crippen MR) is 109 cm³/mol. The van der Waals surface area contributed by atoms with Crippen LogP contribution in [0.1, 0.15) is 33.6 Å². The molecule has 2 N–H and O–H groups in total. The summed E-state index contributed by atoms with van der Waals surface area (Å²) in [4.78, 5) is 25.0. The Labute approximate surface area is 172 Å². The lowest BCUT2D eigenvalue weighted by Gasteiger charge is -2.20. The van der Waals surface area contributed by atoms with E-state index >= 15 is 0 Å². The van der Waals surface area contributed by atoms with Crippen LogP contribution in [0.2, 0.25) is 0 Å². The van der Waals surface area contributed by atoms with Gasteiger partial charge < -0.3 is 10.1 Å². The molecule has 2 aromatic heterocycles. The SMILES string of the molecule is CC(C)(C)NC(=O)NC(=O)CSc1nnc(-c2cccs2)n1CC1CCCO1. The van der Waals surface area contributed by atoms with Gasteiger partial charge in [0.05, 0.1) is 23.3 Å². The second kappa shape index (κ2) is 9.06. The maximum atomic E-state index is 12.1. The van der Waals surface area contributed by atoms with Gasteiger partial charge in [0.1, 0.15) is 0 Å². The Bertz CT molecular complexity index is 808. The number of ether oxygens (including phenoxy) is 1. The number of nitrogens with zero attached hydrogens (tertiary/aromatic N) is 3. The van der Waals surface area contributed by atoms with Gasteiger partial charge in [-0.1, -0.05) is 17.8 Å². The van der Waals surface area contributed by atoms with Crippen LogP contribution in [0.5, 0.6) is 0 Å². The zero-order valence-corrected chi connectivity index (χ0v) is 17.9. The fourth-order valence-corrected chi connectivity index (χ4v) is 4.27. The molecule has 1 aliphatic rings. The van der Waals surface area contributed by atoms with Crippen molar-refractivity contribution < 1.29 is 14.3 Å². The monoisotopic (exact) mass is 423 g/mol. The number of hydrogen-bond donors (Lipinski definition) is 2. The predicted octanol–water partition coefficient (Wildman–Crippen LogP) is 2.90. The molecule has 1 saturated heterocycles. The summed E-state index contributed by atoms with van der Waals surface area (Å²) >= 11 is 2.86. The lowest BCUT2D eigenvalue weighted by atomic mass is 10.1. The molecule has 0 radical (unpaired) electrons. The van der Waals surface area contributed by atoms with Crippen molar-refractivity contribution in [2.45, 2.75) is 57.0 Å². The third-order valence-electron chi connectivity index (χ3n) is 3.94. The molecule has 1 aliphatic heterocycles.